The first-order valence-corrected chi connectivity index (χ1v) is 16.1. The predicted octanol–water partition coefficient (Wildman–Crippen LogP) is -2.86. The fourth-order valence-electron chi connectivity index (χ4n) is 4.64. The van der Waals surface area contributed by atoms with Crippen molar-refractivity contribution in [3.63, 3.8) is 0 Å². The molecule has 0 aliphatic rings. The van der Waals surface area contributed by atoms with Crippen molar-refractivity contribution >= 4 is 53.3 Å². The molecule has 0 aromatic heterocycles. The van der Waals surface area contributed by atoms with Crippen LogP contribution in [-0.4, -0.2) is 99.8 Å². The van der Waals surface area contributed by atoms with E-state index in [0.29, 0.717) is 5.56 Å². The Morgan fingerprint density at radius 1 is 0.627 bits per heavy atom. The zero-order valence-electron chi connectivity index (χ0n) is 28.7. The number of carbonyl (C=O) groups is 9. The molecular formula is C32H48N8O11. The number of benzene rings is 1. The Balaban J connectivity index is 3.18. The number of carboxylic acids is 2. The van der Waals surface area contributed by atoms with E-state index in [9.17, 15) is 48.3 Å². The lowest BCUT2D eigenvalue weighted by atomic mass is 10.0. The van der Waals surface area contributed by atoms with Crippen LogP contribution in [0.4, 0.5) is 0 Å². The predicted molar refractivity (Wildman–Crippen MR) is 180 cm³/mol. The highest BCUT2D eigenvalue weighted by Crippen LogP contribution is 2.09. The van der Waals surface area contributed by atoms with Gasteiger partial charge in [-0.15, -0.1) is 0 Å². The lowest BCUT2D eigenvalue weighted by molar-refractivity contribution is -0.143. The molecular weight excluding hydrogens is 672 g/mol. The number of carboxylic acid groups (broad SMARTS) is 2. The van der Waals surface area contributed by atoms with Crippen LogP contribution in [0.15, 0.2) is 30.3 Å². The first-order valence-electron chi connectivity index (χ1n) is 16.1. The molecule has 282 valence electrons. The third-order valence-corrected chi connectivity index (χ3v) is 7.35. The Morgan fingerprint density at radius 3 is 1.55 bits per heavy atom. The third kappa shape index (κ3) is 17.1. The van der Waals surface area contributed by atoms with E-state index in [1.54, 1.807) is 44.2 Å². The van der Waals surface area contributed by atoms with Gasteiger partial charge >= 0.3 is 11.9 Å². The minimum absolute atomic E-state index is 0.0288. The van der Waals surface area contributed by atoms with Crippen molar-refractivity contribution in [2.75, 3.05) is 0 Å². The van der Waals surface area contributed by atoms with E-state index < -0.39 is 109 Å². The van der Waals surface area contributed by atoms with Crippen LogP contribution in [0.1, 0.15) is 64.9 Å². The minimum Gasteiger partial charge on any atom is -0.481 e. The van der Waals surface area contributed by atoms with Gasteiger partial charge in [0.05, 0.1) is 12.5 Å². The smallest absolute Gasteiger partial charge is 0.326 e. The van der Waals surface area contributed by atoms with Gasteiger partial charge in [0, 0.05) is 19.3 Å². The fraction of sp³-hybridized carbons (Fsp3) is 0.531. The number of aliphatic carboxylic acids is 2. The number of amides is 7. The highest BCUT2D eigenvalue weighted by molar-refractivity contribution is 5.97. The molecule has 0 bridgehead atoms. The normalized spacial score (nSPS) is 14.4. The lowest BCUT2D eigenvalue weighted by Gasteiger charge is -2.26. The summed E-state index contributed by atoms with van der Waals surface area (Å²) in [5, 5.41) is 30.4. The van der Waals surface area contributed by atoms with E-state index in [1.807, 2.05) is 0 Å². The Labute approximate surface area is 294 Å². The molecule has 1 aromatic rings. The molecule has 0 aliphatic carbocycles. The maximum Gasteiger partial charge on any atom is 0.326 e. The van der Waals surface area contributed by atoms with Gasteiger partial charge in [-0.3, -0.25) is 38.4 Å². The number of nitrogens with two attached hydrogens (primary N) is 3. The van der Waals surface area contributed by atoms with Gasteiger partial charge in [-0.05, 0) is 37.7 Å². The van der Waals surface area contributed by atoms with Gasteiger partial charge in [0.25, 0.3) is 0 Å². The summed E-state index contributed by atoms with van der Waals surface area (Å²) in [7, 11) is 0. The number of hydrogen-bond donors (Lipinski definition) is 10. The van der Waals surface area contributed by atoms with Gasteiger partial charge in [0.2, 0.25) is 41.4 Å². The quantitative estimate of drug-likeness (QED) is 0.0546. The van der Waals surface area contributed by atoms with Crippen LogP contribution in [0.2, 0.25) is 0 Å². The molecule has 6 atom stereocenters. The standard InChI is InChI=1S/C32H48N8O11/c1-16(2)13-23(32(50)51)40-31(49)22(14-18-7-5-4-6-8-18)39-27(45)17(3)36-29(47)20(9-11-24(34)41)38-30(48)21(10-12-25(35)42)37-28(46)19(33)15-26(43)44/h4-8,16-17,19-23H,9-15,33H2,1-3H3,(H2,34,41)(H2,35,42)(H,36,47)(H,37,46)(H,38,48)(H,39,45)(H,40,49)(H,43,44)(H,50,51)/t17-,19-,20-,21-,22-,23-/m0/s1. The molecule has 13 N–H and O–H groups in total. The van der Waals surface area contributed by atoms with E-state index in [-0.39, 0.29) is 31.6 Å². The molecule has 0 spiro atoms. The number of nitrogens with one attached hydrogen (secondary N) is 5. The van der Waals surface area contributed by atoms with Crippen LogP contribution in [0, 0.1) is 5.92 Å². The molecule has 51 heavy (non-hydrogen) atoms. The monoisotopic (exact) mass is 720 g/mol. The summed E-state index contributed by atoms with van der Waals surface area (Å²) < 4.78 is 0. The Morgan fingerprint density at radius 2 is 1.08 bits per heavy atom. The zero-order valence-corrected chi connectivity index (χ0v) is 28.7. The second kappa shape index (κ2) is 21.5. The lowest BCUT2D eigenvalue weighted by Crippen LogP contribution is -2.59. The molecule has 0 saturated carbocycles. The first kappa shape index (κ1) is 43.4. The highest BCUT2D eigenvalue weighted by Gasteiger charge is 2.32. The summed E-state index contributed by atoms with van der Waals surface area (Å²) in [6.07, 6.45) is -2.20. The van der Waals surface area contributed by atoms with Crippen molar-refractivity contribution in [3.8, 4) is 0 Å². The van der Waals surface area contributed by atoms with Crippen molar-refractivity contribution in [3.05, 3.63) is 35.9 Å². The van der Waals surface area contributed by atoms with E-state index in [4.69, 9.17) is 22.3 Å². The second-order valence-corrected chi connectivity index (χ2v) is 12.3. The van der Waals surface area contributed by atoms with Crippen LogP contribution in [0.25, 0.3) is 0 Å². The molecule has 19 nitrogen and oxygen atoms in total. The van der Waals surface area contributed by atoms with Crippen LogP contribution >= 0.6 is 0 Å². The maximum atomic E-state index is 13.3. The summed E-state index contributed by atoms with van der Waals surface area (Å²) in [5.41, 5.74) is 16.6. The number of rotatable bonds is 23. The summed E-state index contributed by atoms with van der Waals surface area (Å²) >= 11 is 0. The van der Waals surface area contributed by atoms with E-state index >= 15 is 0 Å². The van der Waals surface area contributed by atoms with Crippen molar-refractivity contribution in [1.29, 1.82) is 0 Å². The van der Waals surface area contributed by atoms with Gasteiger partial charge in [0.1, 0.15) is 30.2 Å². The summed E-state index contributed by atoms with van der Waals surface area (Å²) in [4.78, 5) is 111. The van der Waals surface area contributed by atoms with Gasteiger partial charge in [-0.25, -0.2) is 4.79 Å². The molecule has 1 aromatic carbocycles. The molecule has 1 rings (SSSR count). The Kier molecular flexibility index (Phi) is 18.3. The summed E-state index contributed by atoms with van der Waals surface area (Å²) in [5.74, 6) is -9.06. The Bertz CT molecular complexity index is 1420. The van der Waals surface area contributed by atoms with Gasteiger partial charge < -0.3 is 54.0 Å². The third-order valence-electron chi connectivity index (χ3n) is 7.35. The van der Waals surface area contributed by atoms with Crippen molar-refractivity contribution < 1.29 is 53.4 Å². The summed E-state index contributed by atoms with van der Waals surface area (Å²) in [6, 6.07) is 0.133. The van der Waals surface area contributed by atoms with Crippen LogP contribution < -0.4 is 43.8 Å². The van der Waals surface area contributed by atoms with Gasteiger partial charge in [-0.2, -0.15) is 0 Å². The van der Waals surface area contributed by atoms with Crippen molar-refractivity contribution in [1.82, 2.24) is 26.6 Å². The van der Waals surface area contributed by atoms with Crippen molar-refractivity contribution in [2.24, 2.45) is 23.1 Å². The van der Waals surface area contributed by atoms with Gasteiger partial charge in [-0.1, -0.05) is 44.2 Å². The number of carbonyl (C=O) groups excluding carboxylic acids is 7. The van der Waals surface area contributed by atoms with Crippen LogP contribution in [-0.2, 0) is 49.6 Å². The largest absolute Gasteiger partial charge is 0.481 e. The average molecular weight is 721 g/mol. The van der Waals surface area contributed by atoms with Crippen LogP contribution in [0.3, 0.4) is 0 Å². The molecule has 0 saturated heterocycles. The maximum absolute atomic E-state index is 13.3. The minimum atomic E-state index is -1.56. The molecule has 0 heterocycles. The topological polar surface area (TPSA) is 332 Å². The molecule has 0 radical (unpaired) electrons. The first-order chi connectivity index (χ1) is 23.8. The second-order valence-electron chi connectivity index (χ2n) is 12.3. The van der Waals surface area contributed by atoms with Crippen LogP contribution in [0.5, 0.6) is 0 Å². The molecule has 0 unspecified atom stereocenters. The van der Waals surface area contributed by atoms with E-state index in [2.05, 4.69) is 26.6 Å². The SMILES string of the molecule is CC(C)C[C@H](NC(=O)[C@H](Cc1ccccc1)NC(=O)[C@H](C)NC(=O)[C@H](CCC(N)=O)NC(=O)[C@H](CCC(N)=O)NC(=O)[C@@H](N)CC(=O)O)C(=O)O. The molecule has 0 fully saturated rings. The molecule has 0 aliphatic heterocycles. The Hall–Kier alpha value is -5.59. The molecule has 7 amide bonds. The number of hydrogen-bond acceptors (Lipinski definition) is 10. The van der Waals surface area contributed by atoms with Gasteiger partial charge in [0.15, 0.2) is 0 Å². The number of primary amides is 2. The fourth-order valence-corrected chi connectivity index (χ4v) is 4.64. The average Bonchev–Trinajstić information content (AvgIpc) is 3.03. The van der Waals surface area contributed by atoms with Crippen molar-refractivity contribution in [2.45, 2.75) is 102 Å². The molecule has 19 heteroatoms. The van der Waals surface area contributed by atoms with E-state index in [0.717, 1.165) is 0 Å². The highest BCUT2D eigenvalue weighted by atomic mass is 16.4. The zero-order chi connectivity index (χ0) is 38.8. The van der Waals surface area contributed by atoms with E-state index in [1.165, 1.54) is 6.92 Å². The summed E-state index contributed by atoms with van der Waals surface area (Å²) in [6.45, 7) is 4.84.